The monoisotopic (exact) mass is 332 g/mol. The zero-order valence-corrected chi connectivity index (χ0v) is 14.9. The number of hydrogen-bond acceptors (Lipinski definition) is 4. The Morgan fingerprint density at radius 2 is 1.21 bits per heavy atom. The Kier molecular flexibility index (Phi) is 2.91. The Morgan fingerprint density at radius 3 is 1.58 bits per heavy atom. The fourth-order valence-electron chi connectivity index (χ4n) is 8.99. The molecule has 0 aromatic rings. The van der Waals surface area contributed by atoms with Crippen LogP contribution in [0.4, 0.5) is 0 Å². The summed E-state index contributed by atoms with van der Waals surface area (Å²) in [4.78, 5) is 26.5. The number of carbonyl (C=O) groups excluding carboxylic acids is 2. The fourth-order valence-corrected chi connectivity index (χ4v) is 8.99. The Labute approximate surface area is 143 Å². The van der Waals surface area contributed by atoms with Crippen LogP contribution in [-0.2, 0) is 19.1 Å². The van der Waals surface area contributed by atoms with Gasteiger partial charge in [-0.1, -0.05) is 12.8 Å². The van der Waals surface area contributed by atoms with Crippen molar-refractivity contribution in [1.82, 2.24) is 0 Å². The fraction of sp³-hybridized carbons (Fsp3) is 0.900. The molecule has 0 heterocycles. The second-order valence-electron chi connectivity index (χ2n) is 9.37. The lowest BCUT2D eigenvalue weighted by atomic mass is 9.34. The van der Waals surface area contributed by atoms with Gasteiger partial charge in [0.05, 0.1) is 13.2 Å². The minimum Gasteiger partial charge on any atom is -0.384 e. The highest BCUT2D eigenvalue weighted by Gasteiger charge is 2.90. The lowest BCUT2D eigenvalue weighted by molar-refractivity contribution is -0.237. The van der Waals surface area contributed by atoms with Crippen LogP contribution in [-0.4, -0.2) is 39.0 Å². The molecule has 0 aromatic carbocycles. The Morgan fingerprint density at radius 1 is 0.792 bits per heavy atom. The molecular formula is C20H28O4. The van der Waals surface area contributed by atoms with E-state index in [9.17, 15) is 9.59 Å². The van der Waals surface area contributed by atoms with Crippen LogP contribution >= 0.6 is 0 Å². The maximum Gasteiger partial charge on any atom is 0.137 e. The van der Waals surface area contributed by atoms with Crippen LogP contribution in [0.15, 0.2) is 0 Å². The van der Waals surface area contributed by atoms with E-state index in [0.717, 1.165) is 38.5 Å². The van der Waals surface area contributed by atoms with Crippen LogP contribution in [0.5, 0.6) is 0 Å². The minimum atomic E-state index is -0.0863. The molecule has 0 amide bonds. The average molecular weight is 332 g/mol. The summed E-state index contributed by atoms with van der Waals surface area (Å²) in [5.74, 6) is 1.05. The number of carbonyl (C=O) groups is 2. The number of Topliss-reactive ketones (excluding diaryl/α,β-unsaturated/α-hetero) is 2. The SMILES string of the molecule is COC[C@]12CCCC13C(C(=O)C2)C12CCC[C@@]1(COC)CC(=O)C32. The molecule has 4 nitrogen and oxygen atoms in total. The van der Waals surface area contributed by atoms with Crippen LogP contribution in [0.2, 0.25) is 0 Å². The van der Waals surface area contributed by atoms with Crippen molar-refractivity contribution in [3.05, 3.63) is 0 Å². The van der Waals surface area contributed by atoms with E-state index in [1.807, 2.05) is 0 Å². The van der Waals surface area contributed by atoms with Gasteiger partial charge in [0.25, 0.3) is 0 Å². The van der Waals surface area contributed by atoms with Crippen molar-refractivity contribution >= 4 is 11.6 Å². The predicted octanol–water partition coefficient (Wildman–Crippen LogP) is 2.78. The molecule has 24 heavy (non-hydrogen) atoms. The molecule has 0 aromatic heterocycles. The summed E-state index contributed by atoms with van der Waals surface area (Å²) in [6.45, 7) is 1.29. The normalized spacial score (nSPS) is 54.4. The van der Waals surface area contributed by atoms with Gasteiger partial charge in [0.2, 0.25) is 0 Å². The van der Waals surface area contributed by atoms with Gasteiger partial charge in [-0.2, -0.15) is 0 Å². The molecule has 0 bridgehead atoms. The zero-order valence-electron chi connectivity index (χ0n) is 14.9. The Balaban J connectivity index is 1.68. The predicted molar refractivity (Wildman–Crippen MR) is 87.4 cm³/mol. The summed E-state index contributed by atoms with van der Waals surface area (Å²) in [6, 6.07) is 0. The Hall–Kier alpha value is -0.740. The molecule has 0 N–H and O–H groups in total. The lowest BCUT2D eigenvalue weighted by Crippen LogP contribution is -2.69. The first kappa shape index (κ1) is 15.5. The van der Waals surface area contributed by atoms with E-state index in [-0.39, 0.29) is 33.5 Å². The molecular weight excluding hydrogens is 304 g/mol. The van der Waals surface area contributed by atoms with Gasteiger partial charge in [-0.05, 0) is 36.5 Å². The van der Waals surface area contributed by atoms with E-state index in [1.165, 1.54) is 0 Å². The summed E-state index contributed by atoms with van der Waals surface area (Å²) in [5, 5.41) is 0. The van der Waals surface area contributed by atoms with Crippen LogP contribution in [0.1, 0.15) is 51.4 Å². The van der Waals surface area contributed by atoms with Gasteiger partial charge in [-0.15, -0.1) is 0 Å². The topological polar surface area (TPSA) is 52.6 Å². The van der Waals surface area contributed by atoms with Crippen molar-refractivity contribution in [3.8, 4) is 0 Å². The molecule has 5 fully saturated rings. The highest BCUT2D eigenvalue weighted by atomic mass is 16.5. The molecule has 0 aliphatic heterocycles. The third kappa shape index (κ3) is 1.26. The summed E-state index contributed by atoms with van der Waals surface area (Å²) < 4.78 is 11.2. The smallest absolute Gasteiger partial charge is 0.137 e. The number of hydrogen-bond donors (Lipinski definition) is 0. The molecule has 5 rings (SSSR count). The second-order valence-corrected chi connectivity index (χ2v) is 9.37. The third-order valence-corrected chi connectivity index (χ3v) is 9.04. The van der Waals surface area contributed by atoms with Crippen LogP contribution in [0, 0.1) is 33.5 Å². The average Bonchev–Trinajstić information content (AvgIpc) is 3.12. The minimum absolute atomic E-state index is 0.0686. The first-order valence-electron chi connectivity index (χ1n) is 9.57. The van der Waals surface area contributed by atoms with Gasteiger partial charge < -0.3 is 9.47 Å². The van der Waals surface area contributed by atoms with Crippen molar-refractivity contribution in [2.45, 2.75) is 51.4 Å². The van der Waals surface area contributed by atoms with Crippen LogP contribution in [0.3, 0.4) is 0 Å². The zero-order chi connectivity index (χ0) is 16.8. The second kappa shape index (κ2) is 4.50. The molecule has 5 aliphatic carbocycles. The molecule has 5 saturated carbocycles. The molecule has 0 radical (unpaired) electrons. The molecule has 6 atom stereocenters. The molecule has 2 spiro atoms. The molecule has 5 aliphatic rings. The lowest BCUT2D eigenvalue weighted by Gasteiger charge is -2.68. The maximum atomic E-state index is 13.2. The van der Waals surface area contributed by atoms with Gasteiger partial charge in [0.15, 0.2) is 0 Å². The van der Waals surface area contributed by atoms with Gasteiger partial charge >= 0.3 is 0 Å². The van der Waals surface area contributed by atoms with Crippen LogP contribution < -0.4 is 0 Å². The first-order valence-corrected chi connectivity index (χ1v) is 9.57. The van der Waals surface area contributed by atoms with Crippen molar-refractivity contribution < 1.29 is 19.1 Å². The number of methoxy groups -OCH3 is 2. The van der Waals surface area contributed by atoms with Crippen molar-refractivity contribution in [3.63, 3.8) is 0 Å². The summed E-state index contributed by atoms with van der Waals surface area (Å²) in [5.41, 5.74) is -0.310. The first-order chi connectivity index (χ1) is 11.5. The van der Waals surface area contributed by atoms with E-state index >= 15 is 0 Å². The van der Waals surface area contributed by atoms with Gasteiger partial charge in [-0.3, -0.25) is 9.59 Å². The van der Waals surface area contributed by atoms with Gasteiger partial charge in [0, 0.05) is 49.7 Å². The van der Waals surface area contributed by atoms with Crippen molar-refractivity contribution in [1.29, 1.82) is 0 Å². The molecule has 4 unspecified atom stereocenters. The quantitative estimate of drug-likeness (QED) is 0.794. The van der Waals surface area contributed by atoms with Gasteiger partial charge in [-0.25, -0.2) is 0 Å². The molecule has 4 heteroatoms. The molecule has 132 valence electrons. The van der Waals surface area contributed by atoms with E-state index in [4.69, 9.17) is 9.47 Å². The standard InChI is InChI=1S/C20H28O4/c1-23-11-17-5-3-7-19(17)15(13(21)9-17)20-8-4-6-18(20,12-24-2)10-14(22)16(19)20/h15-16H,3-12H2,1-2H3/t15?,16?,17-,18+,19?,20?. The molecule has 0 saturated heterocycles. The summed E-state index contributed by atoms with van der Waals surface area (Å²) >= 11 is 0. The highest BCUT2D eigenvalue weighted by Crippen LogP contribution is 2.89. The third-order valence-electron chi connectivity index (χ3n) is 9.04. The van der Waals surface area contributed by atoms with Crippen molar-refractivity contribution in [2.75, 3.05) is 27.4 Å². The van der Waals surface area contributed by atoms with E-state index in [0.29, 0.717) is 37.6 Å². The van der Waals surface area contributed by atoms with Crippen molar-refractivity contribution in [2.24, 2.45) is 33.5 Å². The van der Waals surface area contributed by atoms with E-state index < -0.39 is 0 Å². The number of rotatable bonds is 4. The maximum absolute atomic E-state index is 13.2. The van der Waals surface area contributed by atoms with E-state index in [2.05, 4.69) is 0 Å². The van der Waals surface area contributed by atoms with Crippen LogP contribution in [0.25, 0.3) is 0 Å². The summed E-state index contributed by atoms with van der Waals surface area (Å²) in [7, 11) is 3.49. The Bertz CT molecular complexity index is 563. The summed E-state index contributed by atoms with van der Waals surface area (Å²) in [6.07, 6.45) is 7.77. The number of ketones is 2. The van der Waals surface area contributed by atoms with E-state index in [1.54, 1.807) is 14.2 Å². The number of ether oxygens (including phenoxy) is 2. The highest BCUT2D eigenvalue weighted by molar-refractivity contribution is 5.98. The van der Waals surface area contributed by atoms with Gasteiger partial charge in [0.1, 0.15) is 11.6 Å². The largest absolute Gasteiger partial charge is 0.384 e.